The van der Waals surface area contributed by atoms with E-state index in [0.717, 1.165) is 5.56 Å². The van der Waals surface area contributed by atoms with Crippen molar-refractivity contribution in [1.82, 2.24) is 4.98 Å². The molecule has 0 radical (unpaired) electrons. The van der Waals surface area contributed by atoms with E-state index in [1.165, 1.54) is 25.3 Å². The number of hydrogen-bond acceptors (Lipinski definition) is 3. The molecule has 0 fully saturated rings. The summed E-state index contributed by atoms with van der Waals surface area (Å²) >= 11 is 0. The third kappa shape index (κ3) is 2.70. The van der Waals surface area contributed by atoms with Crippen molar-refractivity contribution in [3.05, 3.63) is 76.7 Å². The summed E-state index contributed by atoms with van der Waals surface area (Å²) < 4.78 is 18.8. The van der Waals surface area contributed by atoms with Crippen LogP contribution in [-0.4, -0.2) is 24.0 Å². The first-order valence-corrected chi connectivity index (χ1v) is 8.47. The number of H-pyrrole nitrogens is 1. The summed E-state index contributed by atoms with van der Waals surface area (Å²) in [4.78, 5) is 28.5. The third-order valence-corrected chi connectivity index (χ3v) is 4.81. The maximum Gasteiger partial charge on any atom is 0.340 e. The van der Waals surface area contributed by atoms with Gasteiger partial charge in [-0.15, -0.1) is 0 Å². The zero-order valence-corrected chi connectivity index (χ0v) is 14.8. The number of benzene rings is 2. The largest absolute Gasteiger partial charge is 0.465 e. The van der Waals surface area contributed by atoms with Crippen LogP contribution in [0, 0.1) is 12.7 Å². The van der Waals surface area contributed by atoms with E-state index in [9.17, 15) is 14.0 Å². The third-order valence-electron chi connectivity index (χ3n) is 4.81. The number of carbonyl (C=O) groups is 2. The van der Waals surface area contributed by atoms with Gasteiger partial charge in [0.1, 0.15) is 5.82 Å². The molecule has 0 bridgehead atoms. The van der Waals surface area contributed by atoms with Crippen molar-refractivity contribution in [2.45, 2.75) is 12.8 Å². The molecule has 6 heteroatoms. The number of ether oxygens (including phenoxy) is 1. The summed E-state index contributed by atoms with van der Waals surface area (Å²) in [6, 6.07) is 13.5. The Bertz CT molecular complexity index is 1060. The molecule has 1 atom stereocenters. The first-order valence-electron chi connectivity index (χ1n) is 8.47. The lowest BCUT2D eigenvalue weighted by Crippen LogP contribution is -2.17. The number of aromatic amines is 1. The quantitative estimate of drug-likeness (QED) is 0.690. The van der Waals surface area contributed by atoms with E-state index in [1.807, 2.05) is 30.3 Å². The molecule has 1 amide bonds. The first kappa shape index (κ1) is 17.0. The van der Waals surface area contributed by atoms with Gasteiger partial charge in [-0.25, -0.2) is 9.18 Å². The number of rotatable bonds is 3. The number of anilines is 1. The molecule has 3 aromatic rings. The van der Waals surface area contributed by atoms with E-state index >= 15 is 0 Å². The first-order chi connectivity index (χ1) is 13.0. The van der Waals surface area contributed by atoms with Crippen LogP contribution in [0.2, 0.25) is 0 Å². The molecule has 0 saturated carbocycles. The topological polar surface area (TPSA) is 71.2 Å². The number of nitrogens with one attached hydrogen (secondary N) is 2. The van der Waals surface area contributed by atoms with Crippen molar-refractivity contribution in [2.75, 3.05) is 12.4 Å². The van der Waals surface area contributed by atoms with Crippen molar-refractivity contribution in [3.63, 3.8) is 0 Å². The molecule has 0 saturated heterocycles. The van der Waals surface area contributed by atoms with E-state index < -0.39 is 17.7 Å². The number of halogens is 1. The zero-order chi connectivity index (χ0) is 19.1. The number of methoxy groups -OCH3 is 1. The van der Waals surface area contributed by atoms with E-state index in [-0.39, 0.29) is 5.91 Å². The van der Waals surface area contributed by atoms with Crippen LogP contribution in [-0.2, 0) is 9.53 Å². The van der Waals surface area contributed by atoms with Crippen LogP contribution in [0.1, 0.15) is 33.1 Å². The van der Waals surface area contributed by atoms with Crippen LogP contribution >= 0.6 is 0 Å². The molecule has 1 aromatic heterocycles. The Kier molecular flexibility index (Phi) is 4.03. The molecule has 4 rings (SSSR count). The van der Waals surface area contributed by atoms with E-state index in [2.05, 4.69) is 10.3 Å². The predicted molar refractivity (Wildman–Crippen MR) is 99.2 cm³/mol. The van der Waals surface area contributed by atoms with E-state index in [0.29, 0.717) is 33.8 Å². The average Bonchev–Trinajstić information content (AvgIpc) is 3.17. The number of hydrogen-bond donors (Lipinski definition) is 2. The molecule has 2 N–H and O–H groups in total. The van der Waals surface area contributed by atoms with Gasteiger partial charge in [0.25, 0.3) is 0 Å². The summed E-state index contributed by atoms with van der Waals surface area (Å²) in [6.45, 7) is 1.75. The second-order valence-corrected chi connectivity index (χ2v) is 6.43. The molecule has 1 aliphatic rings. The summed E-state index contributed by atoms with van der Waals surface area (Å²) in [5.74, 6) is -2.11. The van der Waals surface area contributed by atoms with Crippen LogP contribution in [0.4, 0.5) is 10.1 Å². The second kappa shape index (κ2) is 6.39. The van der Waals surface area contributed by atoms with Crippen molar-refractivity contribution in [1.29, 1.82) is 0 Å². The second-order valence-electron chi connectivity index (χ2n) is 6.43. The van der Waals surface area contributed by atoms with Gasteiger partial charge in [0, 0.05) is 16.9 Å². The van der Waals surface area contributed by atoms with Gasteiger partial charge in [0.15, 0.2) is 0 Å². The lowest BCUT2D eigenvalue weighted by atomic mass is 9.87. The smallest absolute Gasteiger partial charge is 0.340 e. The molecular formula is C21H17FN2O3. The van der Waals surface area contributed by atoms with Gasteiger partial charge in [-0.1, -0.05) is 30.3 Å². The molecule has 0 aliphatic carbocycles. The SMILES string of the molecule is COC(=O)c1c(C)[nH]c(-c2ccccc2)c1[C@H]1C(=O)Nc2ccc(F)cc21. The summed E-state index contributed by atoms with van der Waals surface area (Å²) in [5.41, 5.74) is 3.89. The van der Waals surface area contributed by atoms with Crippen molar-refractivity contribution in [3.8, 4) is 11.3 Å². The minimum atomic E-state index is -0.815. The number of carbonyl (C=O) groups excluding carboxylic acids is 2. The summed E-state index contributed by atoms with van der Waals surface area (Å²) in [5, 5.41) is 2.77. The minimum Gasteiger partial charge on any atom is -0.465 e. The molecule has 0 spiro atoms. The van der Waals surface area contributed by atoms with Crippen molar-refractivity contribution >= 4 is 17.6 Å². The van der Waals surface area contributed by atoms with Crippen LogP contribution in [0.15, 0.2) is 48.5 Å². The number of esters is 1. The molecule has 27 heavy (non-hydrogen) atoms. The van der Waals surface area contributed by atoms with Gasteiger partial charge >= 0.3 is 5.97 Å². The van der Waals surface area contributed by atoms with Gasteiger partial charge in [-0.05, 0) is 36.2 Å². The lowest BCUT2D eigenvalue weighted by Gasteiger charge is -2.13. The highest BCUT2D eigenvalue weighted by Gasteiger charge is 2.38. The van der Waals surface area contributed by atoms with E-state index in [1.54, 1.807) is 6.92 Å². The summed E-state index contributed by atoms with van der Waals surface area (Å²) in [6.07, 6.45) is 0. The average molecular weight is 364 g/mol. The van der Waals surface area contributed by atoms with Crippen molar-refractivity contribution in [2.24, 2.45) is 0 Å². The Morgan fingerprint density at radius 2 is 1.89 bits per heavy atom. The lowest BCUT2D eigenvalue weighted by molar-refractivity contribution is -0.116. The van der Waals surface area contributed by atoms with E-state index in [4.69, 9.17) is 4.74 Å². The van der Waals surface area contributed by atoms with Gasteiger partial charge in [-0.2, -0.15) is 0 Å². The number of aromatic nitrogens is 1. The molecular weight excluding hydrogens is 347 g/mol. The maximum atomic E-state index is 13.9. The maximum absolute atomic E-state index is 13.9. The molecule has 0 unspecified atom stereocenters. The van der Waals surface area contributed by atoms with Gasteiger partial charge < -0.3 is 15.0 Å². The van der Waals surface area contributed by atoms with Gasteiger partial charge in [0.2, 0.25) is 5.91 Å². The Balaban J connectivity index is 2.01. The van der Waals surface area contributed by atoms with Gasteiger partial charge in [-0.3, -0.25) is 4.79 Å². The van der Waals surface area contributed by atoms with Crippen LogP contribution in [0.25, 0.3) is 11.3 Å². The van der Waals surface area contributed by atoms with Gasteiger partial charge in [0.05, 0.1) is 24.3 Å². The fourth-order valence-electron chi connectivity index (χ4n) is 3.65. The molecule has 2 heterocycles. The van der Waals surface area contributed by atoms with Crippen LogP contribution in [0.5, 0.6) is 0 Å². The highest BCUT2D eigenvalue weighted by molar-refractivity contribution is 6.08. The minimum absolute atomic E-state index is 0.300. The fourth-order valence-corrected chi connectivity index (χ4v) is 3.65. The highest BCUT2D eigenvalue weighted by atomic mass is 19.1. The number of aryl methyl sites for hydroxylation is 1. The summed E-state index contributed by atoms with van der Waals surface area (Å²) in [7, 11) is 1.29. The Morgan fingerprint density at radius 1 is 1.15 bits per heavy atom. The van der Waals surface area contributed by atoms with Crippen LogP contribution < -0.4 is 5.32 Å². The standard InChI is InChI=1S/C21H17FN2O3/c1-11-16(21(26)27-2)18(19(23-11)12-6-4-3-5-7-12)17-14-10-13(22)8-9-15(14)24-20(17)25/h3-10,17,23H,1-2H3,(H,24,25)/t17-/m0/s1. The highest BCUT2D eigenvalue weighted by Crippen LogP contribution is 2.43. The van der Waals surface area contributed by atoms with Crippen molar-refractivity contribution < 1.29 is 18.7 Å². The Morgan fingerprint density at radius 3 is 2.59 bits per heavy atom. The molecule has 136 valence electrons. The Labute approximate surface area is 155 Å². The van der Waals surface area contributed by atoms with Crippen LogP contribution in [0.3, 0.4) is 0 Å². The molecule has 2 aromatic carbocycles. The molecule has 5 nitrogen and oxygen atoms in total. The number of amides is 1. The zero-order valence-electron chi connectivity index (χ0n) is 14.8. The molecule has 1 aliphatic heterocycles. The predicted octanol–water partition coefficient (Wildman–Crippen LogP) is 4.00. The normalized spacial score (nSPS) is 15.4. The Hall–Kier alpha value is -3.41. The fraction of sp³-hybridized carbons (Fsp3) is 0.143. The monoisotopic (exact) mass is 364 g/mol. The number of fused-ring (bicyclic) bond motifs is 1.